The van der Waals surface area contributed by atoms with Crippen LogP contribution in [0.5, 0.6) is 0 Å². The summed E-state index contributed by atoms with van der Waals surface area (Å²) in [6.07, 6.45) is 1.64. The maximum Gasteiger partial charge on any atom is 0.251 e. The van der Waals surface area contributed by atoms with Crippen LogP contribution < -0.4 is 11.1 Å². The van der Waals surface area contributed by atoms with E-state index in [4.69, 9.17) is 5.73 Å². The molecule has 28 heavy (non-hydrogen) atoms. The fourth-order valence-electron chi connectivity index (χ4n) is 2.87. The van der Waals surface area contributed by atoms with Crippen molar-refractivity contribution in [1.29, 1.82) is 0 Å². The monoisotopic (exact) mass is 393 g/mol. The predicted molar refractivity (Wildman–Crippen MR) is 111 cm³/mol. The zero-order chi connectivity index (χ0) is 19.9. The second-order valence-corrected chi connectivity index (χ2v) is 8.03. The minimum Gasteiger partial charge on any atom is -0.386 e. The van der Waals surface area contributed by atoms with Crippen molar-refractivity contribution in [2.24, 2.45) is 5.73 Å². The zero-order valence-electron chi connectivity index (χ0n) is 15.4. The summed E-state index contributed by atoms with van der Waals surface area (Å²) >= 11 is 1.42. The molecule has 7 nitrogen and oxygen atoms in total. The summed E-state index contributed by atoms with van der Waals surface area (Å²) in [4.78, 5) is 17.3. The Morgan fingerprint density at radius 2 is 1.96 bits per heavy atom. The van der Waals surface area contributed by atoms with E-state index in [1.165, 1.54) is 11.3 Å². The number of benzene rings is 1. The van der Waals surface area contributed by atoms with Crippen LogP contribution in [0.4, 0.5) is 10.8 Å². The Bertz CT molecular complexity index is 1160. The third-order valence-corrected chi connectivity index (χ3v) is 5.51. The second-order valence-electron chi connectivity index (χ2n) is 6.98. The Balaban J connectivity index is 1.68. The summed E-state index contributed by atoms with van der Waals surface area (Å²) in [7, 11) is 0. The van der Waals surface area contributed by atoms with E-state index in [0.717, 1.165) is 27.0 Å². The van der Waals surface area contributed by atoms with E-state index in [-0.39, 0.29) is 0 Å². The number of fused-ring (bicyclic) bond motifs is 1. The number of rotatable bonds is 5. The molecule has 3 aromatic heterocycles. The van der Waals surface area contributed by atoms with Crippen molar-refractivity contribution in [1.82, 2.24) is 15.2 Å². The summed E-state index contributed by atoms with van der Waals surface area (Å²) in [5, 5.41) is 20.7. The number of primary amides is 1. The van der Waals surface area contributed by atoms with Crippen molar-refractivity contribution < 1.29 is 9.90 Å². The first kappa shape index (κ1) is 18.1. The van der Waals surface area contributed by atoms with E-state index in [1.54, 1.807) is 26.1 Å². The van der Waals surface area contributed by atoms with Gasteiger partial charge in [-0.25, -0.2) is 4.98 Å². The summed E-state index contributed by atoms with van der Waals surface area (Å²) in [6.45, 7) is 3.48. The van der Waals surface area contributed by atoms with Gasteiger partial charge in [-0.05, 0) is 43.2 Å². The van der Waals surface area contributed by atoms with Crippen molar-refractivity contribution in [2.75, 3.05) is 5.32 Å². The molecule has 1 aromatic carbocycles. The normalized spacial score (nSPS) is 11.7. The topological polar surface area (TPSA) is 117 Å². The number of aromatic nitrogens is 3. The van der Waals surface area contributed by atoms with Gasteiger partial charge in [0.05, 0.1) is 22.9 Å². The smallest absolute Gasteiger partial charge is 0.251 e. The lowest BCUT2D eigenvalue weighted by Gasteiger charge is -2.17. The lowest BCUT2D eigenvalue weighted by molar-refractivity contribution is 0.0786. The molecule has 0 saturated carbocycles. The minimum atomic E-state index is -0.906. The Labute approximate surface area is 165 Å². The average Bonchev–Trinajstić information content (AvgIpc) is 3.27. The van der Waals surface area contributed by atoms with Gasteiger partial charge in [0, 0.05) is 4.88 Å². The van der Waals surface area contributed by atoms with E-state index in [0.29, 0.717) is 16.4 Å². The number of anilines is 2. The Morgan fingerprint density at radius 3 is 2.64 bits per heavy atom. The molecule has 8 heteroatoms. The van der Waals surface area contributed by atoms with Crippen LogP contribution in [-0.2, 0) is 5.60 Å². The highest BCUT2D eigenvalue weighted by Crippen LogP contribution is 2.37. The molecule has 0 aliphatic rings. The number of nitrogens with two attached hydrogens (primary N) is 1. The van der Waals surface area contributed by atoms with Crippen molar-refractivity contribution in [2.45, 2.75) is 19.4 Å². The first-order valence-corrected chi connectivity index (χ1v) is 9.47. The molecule has 0 radical (unpaired) electrons. The molecule has 0 bridgehead atoms. The zero-order valence-corrected chi connectivity index (χ0v) is 16.2. The Morgan fingerprint density at radius 1 is 1.21 bits per heavy atom. The summed E-state index contributed by atoms with van der Waals surface area (Å²) in [5.74, 6) is 0.0877. The third-order valence-electron chi connectivity index (χ3n) is 4.41. The number of pyridine rings is 1. The van der Waals surface area contributed by atoms with Crippen LogP contribution in [0, 0.1) is 0 Å². The molecule has 0 fully saturated rings. The molecule has 0 spiro atoms. The molecular weight excluding hydrogens is 374 g/mol. The fourth-order valence-corrected chi connectivity index (χ4v) is 3.94. The molecule has 4 rings (SSSR count). The van der Waals surface area contributed by atoms with Crippen LogP contribution in [0.3, 0.4) is 0 Å². The van der Waals surface area contributed by atoms with Gasteiger partial charge in [-0.15, -0.1) is 11.3 Å². The van der Waals surface area contributed by atoms with Crippen LogP contribution in [0.2, 0.25) is 0 Å². The summed E-state index contributed by atoms with van der Waals surface area (Å²) in [5.41, 5.74) is 8.39. The van der Waals surface area contributed by atoms with Crippen molar-refractivity contribution >= 4 is 39.1 Å². The van der Waals surface area contributed by atoms with Crippen molar-refractivity contribution in [3.8, 4) is 10.4 Å². The minimum absolute atomic E-state index is 0.403. The van der Waals surface area contributed by atoms with Crippen molar-refractivity contribution in [3.05, 3.63) is 59.8 Å². The molecule has 0 saturated heterocycles. The largest absolute Gasteiger partial charge is 0.386 e. The van der Waals surface area contributed by atoms with Gasteiger partial charge >= 0.3 is 0 Å². The number of nitrogens with zero attached hydrogens (tertiary/aromatic N) is 2. The first-order chi connectivity index (χ1) is 13.3. The van der Waals surface area contributed by atoms with Gasteiger partial charge in [0.25, 0.3) is 5.91 Å². The molecule has 1 amide bonds. The molecule has 4 aromatic rings. The lowest BCUT2D eigenvalue weighted by Crippen LogP contribution is -2.14. The van der Waals surface area contributed by atoms with Crippen LogP contribution in [0.25, 0.3) is 21.5 Å². The number of hydrogen-bond acceptors (Lipinski definition) is 6. The second kappa shape index (κ2) is 6.74. The maximum atomic E-state index is 11.9. The number of carbonyl (C=O) groups excluding carboxylic acids is 1. The number of aliphatic hydroxyl groups is 1. The standard InChI is InChI=1S/C20H19N5O2S/c1-20(2,27)12-5-3-11(4-6-12)16-9-13(18(21)26)19(28-16)24-17-8-7-14-15(23-17)10-22-25-14/h3-10,27H,1-2H3,(H2,21,26)(H,22,25)(H,23,24). The number of amides is 1. The molecule has 0 aliphatic carbocycles. The predicted octanol–water partition coefficient (Wildman–Crippen LogP) is 3.76. The quantitative estimate of drug-likeness (QED) is 0.412. The number of carbonyl (C=O) groups is 1. The third kappa shape index (κ3) is 3.47. The van der Waals surface area contributed by atoms with Crippen LogP contribution in [0.1, 0.15) is 29.8 Å². The SMILES string of the molecule is CC(C)(O)c1ccc(-c2cc(C(N)=O)c(Nc3ccc4[nH]ncc4n3)s2)cc1. The number of H-pyrrole nitrogens is 1. The average molecular weight is 393 g/mol. The summed E-state index contributed by atoms with van der Waals surface area (Å²) < 4.78 is 0. The van der Waals surface area contributed by atoms with Gasteiger partial charge < -0.3 is 16.2 Å². The Kier molecular flexibility index (Phi) is 4.37. The molecule has 142 valence electrons. The molecule has 3 heterocycles. The highest BCUT2D eigenvalue weighted by molar-refractivity contribution is 7.19. The van der Waals surface area contributed by atoms with E-state index >= 15 is 0 Å². The van der Waals surface area contributed by atoms with Crippen LogP contribution in [0.15, 0.2) is 48.7 Å². The van der Waals surface area contributed by atoms with Gasteiger partial charge in [0.1, 0.15) is 16.3 Å². The van der Waals surface area contributed by atoms with Gasteiger partial charge in [-0.1, -0.05) is 24.3 Å². The number of thiophene rings is 1. The molecule has 5 N–H and O–H groups in total. The van der Waals surface area contributed by atoms with E-state index in [2.05, 4.69) is 20.5 Å². The van der Waals surface area contributed by atoms with Crippen LogP contribution in [-0.4, -0.2) is 26.2 Å². The van der Waals surface area contributed by atoms with E-state index in [1.807, 2.05) is 36.4 Å². The van der Waals surface area contributed by atoms with E-state index in [9.17, 15) is 9.90 Å². The highest BCUT2D eigenvalue weighted by Gasteiger charge is 2.18. The Hall–Kier alpha value is -3.23. The number of hydrogen-bond donors (Lipinski definition) is 4. The first-order valence-electron chi connectivity index (χ1n) is 8.65. The fraction of sp³-hybridized carbons (Fsp3) is 0.150. The molecule has 0 aliphatic heterocycles. The molecule has 0 unspecified atom stereocenters. The maximum absolute atomic E-state index is 11.9. The van der Waals surface area contributed by atoms with Gasteiger partial charge in [-0.2, -0.15) is 5.10 Å². The summed E-state index contributed by atoms with van der Waals surface area (Å²) in [6, 6.07) is 13.0. The molecule has 0 atom stereocenters. The highest BCUT2D eigenvalue weighted by atomic mass is 32.1. The van der Waals surface area contributed by atoms with Gasteiger partial charge in [-0.3, -0.25) is 9.89 Å². The van der Waals surface area contributed by atoms with Crippen LogP contribution >= 0.6 is 11.3 Å². The number of aromatic amines is 1. The van der Waals surface area contributed by atoms with Gasteiger partial charge in [0.2, 0.25) is 0 Å². The van der Waals surface area contributed by atoms with Crippen molar-refractivity contribution in [3.63, 3.8) is 0 Å². The van der Waals surface area contributed by atoms with Gasteiger partial charge in [0.15, 0.2) is 0 Å². The lowest BCUT2D eigenvalue weighted by atomic mass is 9.97. The molecular formula is C20H19N5O2S. The number of nitrogens with one attached hydrogen (secondary N) is 2. The van der Waals surface area contributed by atoms with E-state index < -0.39 is 11.5 Å².